The first-order valence-electron chi connectivity index (χ1n) is 13.7. The standard InChI is InChI=1S/C32H42N4O3.H3N/c1-8-24-18-36(19-27-28(39-24)10-9-15-35-27)17-23-16-22(12-11-20(23)2)29(32(4,5)31(37)38-7)25-13-14-26(34-6)30(33)21(25)3;/h9-16,24,29,34H,8,17-19,33H2,1-7H3;1H3/t24-,29+;/m1./s1. The second-order valence-electron chi connectivity index (χ2n) is 11.1. The lowest BCUT2D eigenvalue weighted by Crippen LogP contribution is -2.34. The van der Waals surface area contributed by atoms with E-state index in [2.05, 4.69) is 53.3 Å². The number of methoxy groups -OCH3 is 1. The van der Waals surface area contributed by atoms with Crippen LogP contribution >= 0.6 is 0 Å². The van der Waals surface area contributed by atoms with Crippen LogP contribution in [0, 0.1) is 19.3 Å². The zero-order valence-electron chi connectivity index (χ0n) is 25.0. The minimum absolute atomic E-state index is 0. The maximum absolute atomic E-state index is 13.1. The second-order valence-corrected chi connectivity index (χ2v) is 11.1. The van der Waals surface area contributed by atoms with Crippen molar-refractivity contribution in [2.45, 2.75) is 66.2 Å². The summed E-state index contributed by atoms with van der Waals surface area (Å²) >= 11 is 0. The smallest absolute Gasteiger partial charge is 0.312 e. The van der Waals surface area contributed by atoms with Crippen LogP contribution in [0.25, 0.3) is 0 Å². The van der Waals surface area contributed by atoms with E-state index in [-0.39, 0.29) is 24.1 Å². The third-order valence-corrected chi connectivity index (χ3v) is 8.10. The van der Waals surface area contributed by atoms with Gasteiger partial charge in [0, 0.05) is 38.8 Å². The molecule has 4 rings (SSSR count). The molecule has 0 unspecified atom stereocenters. The van der Waals surface area contributed by atoms with Crippen molar-refractivity contribution in [2.24, 2.45) is 5.41 Å². The number of hydrogen-bond donors (Lipinski definition) is 3. The number of anilines is 2. The Labute approximate surface area is 238 Å². The zero-order chi connectivity index (χ0) is 28.3. The number of ether oxygens (including phenoxy) is 2. The van der Waals surface area contributed by atoms with Crippen molar-refractivity contribution < 1.29 is 14.3 Å². The number of aromatic nitrogens is 1. The van der Waals surface area contributed by atoms with E-state index in [0.717, 1.165) is 53.3 Å². The Kier molecular flexibility index (Phi) is 9.82. The molecule has 2 aromatic carbocycles. The number of nitrogens with zero attached hydrogens (tertiary/aromatic N) is 2. The van der Waals surface area contributed by atoms with Gasteiger partial charge in [0.05, 0.1) is 29.6 Å². The number of fused-ring (bicyclic) bond motifs is 1. The lowest BCUT2D eigenvalue weighted by Gasteiger charge is -2.35. The van der Waals surface area contributed by atoms with Gasteiger partial charge in [-0.2, -0.15) is 0 Å². The summed E-state index contributed by atoms with van der Waals surface area (Å²) in [5.74, 6) is 0.356. The van der Waals surface area contributed by atoms with Gasteiger partial charge in [-0.3, -0.25) is 14.7 Å². The van der Waals surface area contributed by atoms with Crippen molar-refractivity contribution in [3.63, 3.8) is 0 Å². The Morgan fingerprint density at radius 2 is 2.00 bits per heavy atom. The summed E-state index contributed by atoms with van der Waals surface area (Å²) in [7, 11) is 3.31. The summed E-state index contributed by atoms with van der Waals surface area (Å²) in [6.07, 6.45) is 2.84. The number of pyridine rings is 1. The number of nitrogens with one attached hydrogen (secondary N) is 1. The minimum Gasteiger partial charge on any atom is -0.487 e. The highest BCUT2D eigenvalue weighted by Crippen LogP contribution is 2.45. The largest absolute Gasteiger partial charge is 0.487 e. The van der Waals surface area contributed by atoms with Gasteiger partial charge < -0.3 is 26.7 Å². The Hall–Kier alpha value is -3.62. The van der Waals surface area contributed by atoms with Crippen molar-refractivity contribution in [2.75, 3.05) is 31.8 Å². The molecule has 0 bridgehead atoms. The molecule has 0 saturated heterocycles. The van der Waals surface area contributed by atoms with E-state index in [1.807, 2.05) is 52.2 Å². The van der Waals surface area contributed by atoms with Gasteiger partial charge >= 0.3 is 5.97 Å². The summed E-state index contributed by atoms with van der Waals surface area (Å²) in [6.45, 7) is 12.5. The number of carbonyl (C=O) groups is 1. The lowest BCUT2D eigenvalue weighted by atomic mass is 9.69. The molecule has 40 heavy (non-hydrogen) atoms. The maximum Gasteiger partial charge on any atom is 0.312 e. The quantitative estimate of drug-likeness (QED) is 0.232. The topological polar surface area (TPSA) is 125 Å². The molecule has 1 aliphatic heterocycles. The summed E-state index contributed by atoms with van der Waals surface area (Å²) in [6, 6.07) is 14.5. The predicted molar refractivity (Wildman–Crippen MR) is 162 cm³/mol. The number of aryl methyl sites for hydroxylation is 1. The average molecular weight is 548 g/mol. The SMILES string of the molecule is CC[C@@H]1CN(Cc2cc([C@@H](c3ccc(NC)c(N)c3C)C(C)(C)C(=O)OC)ccc2C)Cc2ncccc2O1.N. The fourth-order valence-electron chi connectivity index (χ4n) is 5.69. The van der Waals surface area contributed by atoms with Crippen molar-refractivity contribution in [1.82, 2.24) is 16.0 Å². The van der Waals surface area contributed by atoms with Crippen molar-refractivity contribution in [1.29, 1.82) is 0 Å². The van der Waals surface area contributed by atoms with E-state index in [1.165, 1.54) is 18.2 Å². The van der Waals surface area contributed by atoms with Crippen LogP contribution in [-0.2, 0) is 22.6 Å². The van der Waals surface area contributed by atoms with E-state index in [4.69, 9.17) is 15.2 Å². The third kappa shape index (κ3) is 6.08. The molecule has 216 valence electrons. The number of esters is 1. The molecule has 8 nitrogen and oxygen atoms in total. The minimum atomic E-state index is -0.827. The van der Waals surface area contributed by atoms with Gasteiger partial charge in [0.2, 0.25) is 0 Å². The van der Waals surface area contributed by atoms with Gasteiger partial charge in [0.25, 0.3) is 0 Å². The van der Waals surface area contributed by atoms with Gasteiger partial charge in [0.15, 0.2) is 0 Å². The molecule has 8 heteroatoms. The Morgan fingerprint density at radius 3 is 2.67 bits per heavy atom. The van der Waals surface area contributed by atoms with E-state index >= 15 is 0 Å². The molecule has 1 aliphatic rings. The Bertz CT molecular complexity index is 1340. The van der Waals surface area contributed by atoms with Gasteiger partial charge in [0.1, 0.15) is 11.9 Å². The fraction of sp³-hybridized carbons (Fsp3) is 0.438. The van der Waals surface area contributed by atoms with Crippen LogP contribution in [0.5, 0.6) is 5.75 Å². The number of benzene rings is 2. The number of carbonyl (C=O) groups excluding carboxylic acids is 1. The average Bonchev–Trinajstić information content (AvgIpc) is 3.11. The van der Waals surface area contributed by atoms with E-state index < -0.39 is 5.41 Å². The molecular formula is C32H45N5O3. The van der Waals surface area contributed by atoms with Crippen LogP contribution in [0.15, 0.2) is 48.7 Å². The molecule has 2 heterocycles. The molecule has 1 aromatic heterocycles. The van der Waals surface area contributed by atoms with Gasteiger partial charge in [-0.25, -0.2) is 0 Å². The van der Waals surface area contributed by atoms with Crippen LogP contribution in [0.4, 0.5) is 11.4 Å². The van der Waals surface area contributed by atoms with Crippen LogP contribution in [-0.4, -0.2) is 42.7 Å². The molecule has 0 amide bonds. The fourth-order valence-corrected chi connectivity index (χ4v) is 5.69. The van der Waals surface area contributed by atoms with E-state index in [0.29, 0.717) is 12.2 Å². The van der Waals surface area contributed by atoms with Gasteiger partial charge in [-0.05, 0) is 80.1 Å². The second kappa shape index (κ2) is 12.7. The number of nitrogen functional groups attached to an aromatic ring is 1. The zero-order valence-corrected chi connectivity index (χ0v) is 25.0. The Balaban J connectivity index is 0.00000441. The number of nitrogens with two attached hydrogens (primary N) is 1. The van der Waals surface area contributed by atoms with E-state index in [9.17, 15) is 4.79 Å². The normalized spacial score (nSPS) is 16.1. The van der Waals surface area contributed by atoms with E-state index in [1.54, 1.807) is 0 Å². The highest BCUT2D eigenvalue weighted by Gasteiger charge is 2.41. The summed E-state index contributed by atoms with van der Waals surface area (Å²) in [5.41, 5.74) is 13.7. The monoisotopic (exact) mass is 547 g/mol. The molecule has 2 atom stereocenters. The highest BCUT2D eigenvalue weighted by atomic mass is 16.5. The maximum atomic E-state index is 13.1. The predicted octanol–water partition coefficient (Wildman–Crippen LogP) is 5.99. The molecule has 0 saturated carbocycles. The van der Waals surface area contributed by atoms with Gasteiger partial charge in [-0.1, -0.05) is 31.2 Å². The summed E-state index contributed by atoms with van der Waals surface area (Å²) in [5, 5.41) is 3.16. The third-order valence-electron chi connectivity index (χ3n) is 8.10. The first-order chi connectivity index (χ1) is 18.6. The van der Waals surface area contributed by atoms with Crippen LogP contribution < -0.4 is 21.9 Å². The first-order valence-corrected chi connectivity index (χ1v) is 13.7. The number of hydrogen-bond acceptors (Lipinski definition) is 8. The first kappa shape index (κ1) is 30.9. The molecular weight excluding hydrogens is 502 g/mol. The summed E-state index contributed by atoms with van der Waals surface area (Å²) < 4.78 is 11.6. The molecule has 3 aromatic rings. The summed E-state index contributed by atoms with van der Waals surface area (Å²) in [4.78, 5) is 20.2. The van der Waals surface area contributed by atoms with Crippen molar-refractivity contribution in [3.8, 4) is 5.75 Å². The van der Waals surface area contributed by atoms with Crippen LogP contribution in [0.2, 0.25) is 0 Å². The molecule has 0 spiro atoms. The molecule has 0 fully saturated rings. The van der Waals surface area contributed by atoms with Crippen molar-refractivity contribution >= 4 is 17.3 Å². The van der Waals surface area contributed by atoms with Crippen LogP contribution in [0.1, 0.15) is 66.6 Å². The highest BCUT2D eigenvalue weighted by molar-refractivity contribution is 5.79. The van der Waals surface area contributed by atoms with Crippen LogP contribution in [0.3, 0.4) is 0 Å². The lowest BCUT2D eigenvalue weighted by molar-refractivity contribution is -0.151. The molecule has 6 N–H and O–H groups in total. The molecule has 0 radical (unpaired) electrons. The Morgan fingerprint density at radius 1 is 1.25 bits per heavy atom. The van der Waals surface area contributed by atoms with Gasteiger partial charge in [-0.15, -0.1) is 0 Å². The molecule has 0 aliphatic carbocycles. The number of rotatable bonds is 8. The van der Waals surface area contributed by atoms with Crippen molar-refractivity contribution in [3.05, 3.63) is 82.2 Å².